The van der Waals surface area contributed by atoms with Gasteiger partial charge in [-0.3, -0.25) is 0 Å². The van der Waals surface area contributed by atoms with Gasteiger partial charge in [0.2, 0.25) is 0 Å². The zero-order chi connectivity index (χ0) is 13.1. The number of benzene rings is 2. The first-order valence-corrected chi connectivity index (χ1v) is 6.93. The van der Waals surface area contributed by atoms with Gasteiger partial charge in [0.1, 0.15) is 10.8 Å². The monoisotopic (exact) mass is 272 g/mol. The number of thiazole rings is 1. The quantitative estimate of drug-likeness (QED) is 0.783. The van der Waals surface area contributed by atoms with E-state index in [4.69, 9.17) is 0 Å². The van der Waals surface area contributed by atoms with Crippen LogP contribution in [0.15, 0.2) is 48.5 Å². The molecular formula is C15H13FN2S. The van der Waals surface area contributed by atoms with Crippen LogP contribution in [-0.2, 0) is 13.1 Å². The largest absolute Gasteiger partial charge is 0.306 e. The molecule has 1 aromatic heterocycles. The first kappa shape index (κ1) is 12.3. The van der Waals surface area contributed by atoms with Crippen LogP contribution in [0.3, 0.4) is 0 Å². The number of hydrogen-bond acceptors (Lipinski definition) is 3. The Bertz CT molecular complexity index is 660. The molecule has 3 rings (SSSR count). The van der Waals surface area contributed by atoms with Gasteiger partial charge in [-0.15, -0.1) is 11.3 Å². The van der Waals surface area contributed by atoms with E-state index in [1.807, 2.05) is 24.3 Å². The maximum atomic E-state index is 13.4. The molecule has 4 heteroatoms. The van der Waals surface area contributed by atoms with E-state index in [0.717, 1.165) is 10.5 Å². The van der Waals surface area contributed by atoms with Crippen LogP contribution >= 0.6 is 11.3 Å². The number of rotatable bonds is 4. The molecule has 0 saturated carbocycles. The zero-order valence-electron chi connectivity index (χ0n) is 10.3. The molecule has 0 radical (unpaired) electrons. The summed E-state index contributed by atoms with van der Waals surface area (Å²) in [6.45, 7) is 1.18. The van der Waals surface area contributed by atoms with Crippen molar-refractivity contribution in [2.45, 2.75) is 13.1 Å². The van der Waals surface area contributed by atoms with Gasteiger partial charge in [-0.05, 0) is 18.2 Å². The van der Waals surface area contributed by atoms with E-state index < -0.39 is 0 Å². The Labute approximate surface area is 114 Å². The number of para-hydroxylation sites is 1. The topological polar surface area (TPSA) is 24.9 Å². The lowest BCUT2D eigenvalue weighted by atomic mass is 10.2. The lowest BCUT2D eigenvalue weighted by Crippen LogP contribution is -2.13. The third kappa shape index (κ3) is 2.80. The van der Waals surface area contributed by atoms with Crippen LogP contribution in [-0.4, -0.2) is 4.98 Å². The van der Waals surface area contributed by atoms with Crippen molar-refractivity contribution >= 4 is 21.6 Å². The summed E-state index contributed by atoms with van der Waals surface area (Å²) in [6, 6.07) is 14.9. The van der Waals surface area contributed by atoms with Gasteiger partial charge in [-0.1, -0.05) is 30.3 Å². The molecule has 2 nitrogen and oxygen atoms in total. The fourth-order valence-electron chi connectivity index (χ4n) is 1.94. The molecule has 3 aromatic rings. The third-order valence-corrected chi connectivity index (χ3v) is 3.92. The zero-order valence-corrected chi connectivity index (χ0v) is 11.1. The van der Waals surface area contributed by atoms with Crippen LogP contribution in [0.1, 0.15) is 10.6 Å². The summed E-state index contributed by atoms with van der Waals surface area (Å²) in [5, 5.41) is 4.25. The molecule has 0 spiro atoms. The summed E-state index contributed by atoms with van der Waals surface area (Å²) in [5.41, 5.74) is 1.71. The number of nitrogens with zero attached hydrogens (tertiary/aromatic N) is 1. The molecule has 2 aromatic carbocycles. The standard InChI is InChI=1S/C15H13FN2S/c16-12-6-2-1-5-11(12)9-17-10-15-18-13-7-3-4-8-14(13)19-15/h1-8,17H,9-10H2. The Morgan fingerprint density at radius 1 is 1.00 bits per heavy atom. The van der Waals surface area contributed by atoms with Gasteiger partial charge in [0.05, 0.1) is 10.2 Å². The van der Waals surface area contributed by atoms with Crippen molar-refractivity contribution in [2.75, 3.05) is 0 Å². The van der Waals surface area contributed by atoms with Crippen LogP contribution in [0.4, 0.5) is 4.39 Å². The van der Waals surface area contributed by atoms with Crippen molar-refractivity contribution in [2.24, 2.45) is 0 Å². The molecule has 0 unspecified atom stereocenters. The molecule has 0 amide bonds. The fraction of sp³-hybridized carbons (Fsp3) is 0.133. The van der Waals surface area contributed by atoms with E-state index in [0.29, 0.717) is 18.7 Å². The van der Waals surface area contributed by atoms with Gasteiger partial charge in [0.15, 0.2) is 0 Å². The van der Waals surface area contributed by atoms with Crippen molar-refractivity contribution in [3.63, 3.8) is 0 Å². The summed E-state index contributed by atoms with van der Waals surface area (Å²) < 4.78 is 14.6. The molecule has 0 fully saturated rings. The SMILES string of the molecule is Fc1ccccc1CNCc1nc2ccccc2s1. The summed E-state index contributed by atoms with van der Waals surface area (Å²) in [7, 11) is 0. The van der Waals surface area contributed by atoms with E-state index in [2.05, 4.69) is 16.4 Å². The lowest BCUT2D eigenvalue weighted by molar-refractivity contribution is 0.587. The highest BCUT2D eigenvalue weighted by molar-refractivity contribution is 7.18. The molecular weight excluding hydrogens is 259 g/mol. The Morgan fingerprint density at radius 2 is 1.79 bits per heavy atom. The Hall–Kier alpha value is -1.78. The van der Waals surface area contributed by atoms with Gasteiger partial charge in [0.25, 0.3) is 0 Å². The van der Waals surface area contributed by atoms with Crippen LogP contribution < -0.4 is 5.32 Å². The van der Waals surface area contributed by atoms with Crippen LogP contribution in [0.5, 0.6) is 0 Å². The molecule has 1 N–H and O–H groups in total. The van der Waals surface area contributed by atoms with Crippen molar-refractivity contribution < 1.29 is 4.39 Å². The first-order valence-electron chi connectivity index (χ1n) is 6.11. The maximum Gasteiger partial charge on any atom is 0.127 e. The predicted molar refractivity (Wildman–Crippen MR) is 76.6 cm³/mol. The number of nitrogens with one attached hydrogen (secondary N) is 1. The second-order valence-electron chi connectivity index (χ2n) is 4.27. The molecule has 0 bridgehead atoms. The van der Waals surface area contributed by atoms with Crippen LogP contribution in [0, 0.1) is 5.82 Å². The van der Waals surface area contributed by atoms with E-state index in [9.17, 15) is 4.39 Å². The van der Waals surface area contributed by atoms with E-state index >= 15 is 0 Å². The van der Waals surface area contributed by atoms with E-state index in [1.165, 1.54) is 10.8 Å². The van der Waals surface area contributed by atoms with Crippen LogP contribution in [0.25, 0.3) is 10.2 Å². The van der Waals surface area contributed by atoms with Crippen LogP contribution in [0.2, 0.25) is 0 Å². The van der Waals surface area contributed by atoms with Crippen molar-refractivity contribution in [1.29, 1.82) is 0 Å². The number of hydrogen-bond donors (Lipinski definition) is 1. The van der Waals surface area contributed by atoms with Crippen molar-refractivity contribution in [1.82, 2.24) is 10.3 Å². The Kier molecular flexibility index (Phi) is 3.53. The summed E-state index contributed by atoms with van der Waals surface area (Å²) >= 11 is 1.67. The maximum absolute atomic E-state index is 13.4. The summed E-state index contributed by atoms with van der Waals surface area (Å²) in [6.07, 6.45) is 0. The minimum atomic E-state index is -0.167. The Morgan fingerprint density at radius 3 is 2.63 bits per heavy atom. The minimum Gasteiger partial charge on any atom is -0.306 e. The average Bonchev–Trinajstić information content (AvgIpc) is 2.83. The molecule has 0 aliphatic carbocycles. The number of fused-ring (bicyclic) bond motifs is 1. The smallest absolute Gasteiger partial charge is 0.127 e. The minimum absolute atomic E-state index is 0.167. The van der Waals surface area contributed by atoms with Gasteiger partial charge in [0, 0.05) is 18.7 Å². The Balaban J connectivity index is 1.65. The highest BCUT2D eigenvalue weighted by Gasteiger charge is 2.04. The number of halogens is 1. The second kappa shape index (κ2) is 5.47. The fourth-order valence-corrected chi connectivity index (χ4v) is 2.88. The van der Waals surface area contributed by atoms with E-state index in [-0.39, 0.29) is 5.82 Å². The van der Waals surface area contributed by atoms with E-state index in [1.54, 1.807) is 23.5 Å². The molecule has 19 heavy (non-hydrogen) atoms. The predicted octanol–water partition coefficient (Wildman–Crippen LogP) is 3.73. The molecule has 1 heterocycles. The molecule has 0 aliphatic heterocycles. The second-order valence-corrected chi connectivity index (χ2v) is 5.39. The lowest BCUT2D eigenvalue weighted by Gasteiger charge is -2.03. The normalized spacial score (nSPS) is 11.0. The van der Waals surface area contributed by atoms with Crippen molar-refractivity contribution in [3.05, 3.63) is 64.9 Å². The highest BCUT2D eigenvalue weighted by Crippen LogP contribution is 2.21. The van der Waals surface area contributed by atoms with Gasteiger partial charge >= 0.3 is 0 Å². The molecule has 0 aliphatic rings. The highest BCUT2D eigenvalue weighted by atomic mass is 32.1. The summed E-state index contributed by atoms with van der Waals surface area (Å²) in [5.74, 6) is -0.167. The third-order valence-electron chi connectivity index (χ3n) is 2.89. The van der Waals surface area contributed by atoms with Gasteiger partial charge in [-0.25, -0.2) is 9.37 Å². The number of aromatic nitrogens is 1. The molecule has 0 atom stereocenters. The molecule has 96 valence electrons. The van der Waals surface area contributed by atoms with Gasteiger partial charge < -0.3 is 5.32 Å². The summed E-state index contributed by atoms with van der Waals surface area (Å²) in [4.78, 5) is 4.53. The molecule has 0 saturated heterocycles. The van der Waals surface area contributed by atoms with Crippen molar-refractivity contribution in [3.8, 4) is 0 Å². The van der Waals surface area contributed by atoms with Gasteiger partial charge in [-0.2, -0.15) is 0 Å². The average molecular weight is 272 g/mol. The first-order chi connectivity index (χ1) is 9.33.